The summed E-state index contributed by atoms with van der Waals surface area (Å²) in [7, 11) is 1.30. The van der Waals surface area contributed by atoms with Crippen molar-refractivity contribution in [3.8, 4) is 0 Å². The quantitative estimate of drug-likeness (QED) is 0.207. The van der Waals surface area contributed by atoms with E-state index in [0.29, 0.717) is 32.7 Å². The van der Waals surface area contributed by atoms with Crippen molar-refractivity contribution in [3.05, 3.63) is 96.1 Å². The van der Waals surface area contributed by atoms with Crippen LogP contribution in [0, 0.1) is 0 Å². The number of benzene rings is 2. The number of methoxy groups -OCH3 is 1. The predicted molar refractivity (Wildman–Crippen MR) is 175 cm³/mol. The van der Waals surface area contributed by atoms with Gasteiger partial charge in [-0.1, -0.05) is 85.0 Å². The molecule has 46 heavy (non-hydrogen) atoms. The topological polar surface area (TPSA) is 92.8 Å². The van der Waals surface area contributed by atoms with Crippen LogP contribution >= 0.6 is 0 Å². The van der Waals surface area contributed by atoms with E-state index in [2.05, 4.69) is 0 Å². The van der Waals surface area contributed by atoms with Crippen molar-refractivity contribution in [2.75, 3.05) is 13.7 Å². The smallest absolute Gasteiger partial charge is 0.410 e. The minimum Gasteiger partial charge on any atom is -0.467 e. The largest absolute Gasteiger partial charge is 0.467 e. The SMILES string of the molecule is COC(=O)[C@H]1O[C@H]2/C=C\C[C@@H](OCc3ccccc3)[C@H](COCc3ccccc3)O[C@@H]2C/C=C\C[C@@H]1OC(=O)N(C(C)C)C(C)C. The van der Waals surface area contributed by atoms with Crippen molar-refractivity contribution in [3.63, 3.8) is 0 Å². The average molecular weight is 636 g/mol. The Morgan fingerprint density at radius 3 is 2.04 bits per heavy atom. The van der Waals surface area contributed by atoms with Gasteiger partial charge >= 0.3 is 12.1 Å². The van der Waals surface area contributed by atoms with Gasteiger partial charge in [0.1, 0.15) is 18.3 Å². The molecule has 4 rings (SSSR count). The highest BCUT2D eigenvalue weighted by atomic mass is 16.6. The summed E-state index contributed by atoms with van der Waals surface area (Å²) in [5, 5.41) is 0. The molecular weight excluding hydrogens is 586 g/mol. The summed E-state index contributed by atoms with van der Waals surface area (Å²) < 4.78 is 36.9. The van der Waals surface area contributed by atoms with Crippen LogP contribution in [0.5, 0.6) is 0 Å². The molecule has 2 heterocycles. The highest BCUT2D eigenvalue weighted by Gasteiger charge is 2.40. The van der Waals surface area contributed by atoms with Crippen molar-refractivity contribution in [1.82, 2.24) is 4.90 Å². The van der Waals surface area contributed by atoms with Crippen LogP contribution < -0.4 is 0 Å². The van der Waals surface area contributed by atoms with Gasteiger partial charge in [0.05, 0.1) is 39.1 Å². The van der Waals surface area contributed by atoms with Gasteiger partial charge < -0.3 is 33.3 Å². The minimum atomic E-state index is -1.16. The molecule has 2 aliphatic heterocycles. The summed E-state index contributed by atoms with van der Waals surface area (Å²) in [6, 6.07) is 19.9. The number of hydrogen-bond donors (Lipinski definition) is 0. The van der Waals surface area contributed by atoms with Crippen LogP contribution in [0.2, 0.25) is 0 Å². The number of fused-ring (bicyclic) bond motifs is 1. The number of carbonyl (C=O) groups excluding carboxylic acids is 2. The molecule has 0 spiro atoms. The molecule has 6 atom stereocenters. The van der Waals surface area contributed by atoms with E-state index in [1.165, 1.54) is 7.11 Å². The van der Waals surface area contributed by atoms with Gasteiger partial charge in [-0.2, -0.15) is 0 Å². The molecule has 0 saturated carbocycles. The van der Waals surface area contributed by atoms with E-state index in [4.69, 9.17) is 28.4 Å². The number of carbonyl (C=O) groups is 2. The summed E-state index contributed by atoms with van der Waals surface area (Å²) >= 11 is 0. The lowest BCUT2D eigenvalue weighted by atomic mass is 10.0. The molecule has 0 unspecified atom stereocenters. The summed E-state index contributed by atoms with van der Waals surface area (Å²) in [4.78, 5) is 28.0. The third-order valence-corrected chi connectivity index (χ3v) is 8.08. The molecule has 0 fully saturated rings. The number of ether oxygens (including phenoxy) is 6. The highest BCUT2D eigenvalue weighted by molar-refractivity contribution is 5.76. The van der Waals surface area contributed by atoms with Gasteiger partial charge in [-0.15, -0.1) is 0 Å². The molecule has 0 radical (unpaired) electrons. The van der Waals surface area contributed by atoms with E-state index in [0.717, 1.165) is 11.1 Å². The Morgan fingerprint density at radius 1 is 0.804 bits per heavy atom. The Hall–Kier alpha value is -3.50. The minimum absolute atomic E-state index is 0.0821. The molecule has 0 bridgehead atoms. The second-order valence-electron chi connectivity index (χ2n) is 12.2. The van der Waals surface area contributed by atoms with Gasteiger partial charge in [0, 0.05) is 18.5 Å². The predicted octanol–water partition coefficient (Wildman–Crippen LogP) is 6.40. The van der Waals surface area contributed by atoms with Crippen LogP contribution in [-0.2, 0) is 46.4 Å². The second-order valence-corrected chi connectivity index (χ2v) is 12.2. The first-order chi connectivity index (χ1) is 22.3. The summed E-state index contributed by atoms with van der Waals surface area (Å²) in [6.07, 6.45) is 4.82. The molecule has 9 heteroatoms. The highest BCUT2D eigenvalue weighted by Crippen LogP contribution is 2.27. The molecule has 2 aliphatic rings. The van der Waals surface area contributed by atoms with E-state index in [9.17, 15) is 9.59 Å². The third-order valence-electron chi connectivity index (χ3n) is 8.08. The normalized spacial score (nSPS) is 26.4. The van der Waals surface area contributed by atoms with Crippen molar-refractivity contribution in [2.45, 2.75) is 109 Å². The van der Waals surface area contributed by atoms with Gasteiger partial charge in [-0.05, 0) is 51.7 Å². The second kappa shape index (κ2) is 18.0. The first-order valence-electron chi connectivity index (χ1n) is 16.2. The number of hydrogen-bond acceptors (Lipinski definition) is 8. The van der Waals surface area contributed by atoms with Crippen LogP contribution in [0.25, 0.3) is 0 Å². The number of amides is 1. The Labute approximate surface area is 273 Å². The Kier molecular flexibility index (Phi) is 13.8. The fourth-order valence-electron chi connectivity index (χ4n) is 5.78. The van der Waals surface area contributed by atoms with Gasteiger partial charge in [0.25, 0.3) is 0 Å². The zero-order valence-corrected chi connectivity index (χ0v) is 27.7. The lowest BCUT2D eigenvalue weighted by Crippen LogP contribution is -2.49. The van der Waals surface area contributed by atoms with Gasteiger partial charge in [-0.3, -0.25) is 0 Å². The first-order valence-corrected chi connectivity index (χ1v) is 16.2. The molecule has 2 aromatic rings. The summed E-state index contributed by atoms with van der Waals surface area (Å²) in [5.74, 6) is -0.616. The van der Waals surface area contributed by atoms with E-state index in [1.807, 2.05) is 113 Å². The first kappa shape index (κ1) is 35.4. The van der Waals surface area contributed by atoms with Gasteiger partial charge in [0.2, 0.25) is 0 Å². The Morgan fingerprint density at radius 2 is 1.41 bits per heavy atom. The van der Waals surface area contributed by atoms with E-state index in [1.54, 1.807) is 4.90 Å². The van der Waals surface area contributed by atoms with Crippen molar-refractivity contribution in [1.29, 1.82) is 0 Å². The van der Waals surface area contributed by atoms with E-state index >= 15 is 0 Å². The number of nitrogens with zero attached hydrogens (tertiary/aromatic N) is 1. The molecule has 9 nitrogen and oxygen atoms in total. The van der Waals surface area contributed by atoms with E-state index < -0.39 is 42.6 Å². The standard InChI is InChI=1S/C37H49NO8/c1-26(2)38(27(3)4)37(40)46-33-20-13-12-19-31-32(45-35(33)36(39)41-5)22-14-21-30(43-24-29-17-10-7-11-18-29)34(44-31)25-42-23-28-15-8-6-9-16-28/h6-18,22,26-27,30-35H,19-21,23-25H2,1-5H3/b13-12-,22-14-/t30-,31-,32+,33+,34+,35+/m1/s1. The lowest BCUT2D eigenvalue weighted by molar-refractivity contribution is -0.187. The fourth-order valence-corrected chi connectivity index (χ4v) is 5.78. The van der Waals surface area contributed by atoms with Crippen LogP contribution in [0.15, 0.2) is 85.0 Å². The Bertz CT molecular complexity index is 1260. The van der Waals surface area contributed by atoms with Crippen LogP contribution in [-0.4, -0.2) is 79.4 Å². The maximum atomic E-state index is 13.3. The summed E-state index contributed by atoms with van der Waals surface area (Å²) in [6.45, 7) is 8.88. The summed E-state index contributed by atoms with van der Waals surface area (Å²) in [5.41, 5.74) is 2.13. The maximum absolute atomic E-state index is 13.3. The Balaban J connectivity index is 1.55. The molecule has 2 aromatic carbocycles. The number of rotatable bonds is 11. The third kappa shape index (κ3) is 10.3. The molecule has 1 amide bonds. The lowest BCUT2D eigenvalue weighted by Gasteiger charge is -2.37. The van der Waals surface area contributed by atoms with E-state index in [-0.39, 0.29) is 24.6 Å². The molecule has 0 aromatic heterocycles. The van der Waals surface area contributed by atoms with Gasteiger partial charge in [-0.25, -0.2) is 9.59 Å². The molecule has 0 saturated heterocycles. The molecule has 0 aliphatic carbocycles. The number of esters is 1. The zero-order chi connectivity index (χ0) is 32.9. The maximum Gasteiger partial charge on any atom is 0.410 e. The molecular formula is C37H49NO8. The van der Waals surface area contributed by atoms with Crippen LogP contribution in [0.3, 0.4) is 0 Å². The van der Waals surface area contributed by atoms with Crippen molar-refractivity contribution < 1.29 is 38.0 Å². The van der Waals surface area contributed by atoms with Gasteiger partial charge in [0.15, 0.2) is 6.10 Å². The van der Waals surface area contributed by atoms with Crippen molar-refractivity contribution in [2.24, 2.45) is 0 Å². The average Bonchev–Trinajstić information content (AvgIpc) is 3.11. The monoisotopic (exact) mass is 635 g/mol. The van der Waals surface area contributed by atoms with Crippen LogP contribution in [0.1, 0.15) is 58.1 Å². The zero-order valence-electron chi connectivity index (χ0n) is 27.7. The van der Waals surface area contributed by atoms with Crippen molar-refractivity contribution >= 4 is 12.1 Å². The fraction of sp³-hybridized carbons (Fsp3) is 0.514. The molecule has 0 N–H and O–H groups in total. The molecule has 250 valence electrons. The van der Waals surface area contributed by atoms with Crippen LogP contribution in [0.4, 0.5) is 4.79 Å².